The smallest absolute Gasteiger partial charge is 0.267 e. The number of ether oxygens (including phenoxy) is 2. The molecule has 0 N–H and O–H groups in total. The summed E-state index contributed by atoms with van der Waals surface area (Å²) in [5.41, 5.74) is 0.847. The molecular formula is C18H21NO3. The summed E-state index contributed by atoms with van der Waals surface area (Å²) in [6, 6.07) is 16.8. The molecule has 0 radical (unpaired) electrons. The summed E-state index contributed by atoms with van der Waals surface area (Å²) in [5, 5.41) is 0. The summed E-state index contributed by atoms with van der Waals surface area (Å²) < 4.78 is 11.0. The third-order valence-corrected chi connectivity index (χ3v) is 3.44. The molecule has 2 aromatic rings. The highest BCUT2D eigenvalue weighted by atomic mass is 16.5. The molecule has 2 rings (SSSR count). The van der Waals surface area contributed by atoms with E-state index < -0.39 is 6.10 Å². The highest BCUT2D eigenvalue weighted by molar-refractivity contribution is 5.96. The minimum absolute atomic E-state index is 0.0727. The fourth-order valence-electron chi connectivity index (χ4n) is 2.14. The van der Waals surface area contributed by atoms with Crippen LogP contribution in [0.4, 0.5) is 5.69 Å². The molecule has 0 aromatic heterocycles. The van der Waals surface area contributed by atoms with Crippen LogP contribution in [0.25, 0.3) is 0 Å². The zero-order valence-electron chi connectivity index (χ0n) is 13.2. The molecule has 0 fully saturated rings. The molecule has 1 amide bonds. The van der Waals surface area contributed by atoms with Crippen LogP contribution in [-0.4, -0.2) is 26.2 Å². The van der Waals surface area contributed by atoms with Crippen molar-refractivity contribution < 1.29 is 14.3 Å². The lowest BCUT2D eigenvalue weighted by molar-refractivity contribution is -0.125. The van der Waals surface area contributed by atoms with E-state index in [-0.39, 0.29) is 5.91 Å². The summed E-state index contributed by atoms with van der Waals surface area (Å²) in [6.07, 6.45) is 0.0602. The molecule has 0 heterocycles. The van der Waals surface area contributed by atoms with E-state index in [1.54, 1.807) is 25.1 Å². The number of methoxy groups -OCH3 is 1. The van der Waals surface area contributed by atoms with Gasteiger partial charge in [-0.3, -0.25) is 4.79 Å². The minimum Gasteiger partial charge on any atom is -0.497 e. The lowest BCUT2D eigenvalue weighted by Gasteiger charge is -2.24. The van der Waals surface area contributed by atoms with Gasteiger partial charge in [0.2, 0.25) is 0 Å². The minimum atomic E-state index is -0.530. The van der Waals surface area contributed by atoms with Crippen molar-refractivity contribution in [3.8, 4) is 11.5 Å². The van der Waals surface area contributed by atoms with Gasteiger partial charge in [-0.1, -0.05) is 31.2 Å². The Hall–Kier alpha value is -2.49. The summed E-state index contributed by atoms with van der Waals surface area (Å²) in [6.45, 7) is 1.93. The molecule has 116 valence electrons. The Morgan fingerprint density at radius 3 is 2.41 bits per heavy atom. The van der Waals surface area contributed by atoms with Crippen molar-refractivity contribution in [2.24, 2.45) is 0 Å². The Kier molecular flexibility index (Phi) is 5.42. The molecule has 1 atom stereocenters. The number of para-hydroxylation sites is 1. The van der Waals surface area contributed by atoms with Gasteiger partial charge in [0.25, 0.3) is 5.91 Å². The largest absolute Gasteiger partial charge is 0.497 e. The number of benzene rings is 2. The number of nitrogens with zero attached hydrogens (tertiary/aromatic N) is 1. The predicted octanol–water partition coefficient (Wildman–Crippen LogP) is 3.52. The molecule has 2 aromatic carbocycles. The zero-order chi connectivity index (χ0) is 15.9. The summed E-state index contributed by atoms with van der Waals surface area (Å²) in [5.74, 6) is 1.26. The van der Waals surface area contributed by atoms with Crippen molar-refractivity contribution in [2.75, 3.05) is 19.1 Å². The number of carbonyl (C=O) groups is 1. The Morgan fingerprint density at radius 2 is 1.77 bits per heavy atom. The highest BCUT2D eigenvalue weighted by Gasteiger charge is 2.23. The van der Waals surface area contributed by atoms with Gasteiger partial charge in [-0.15, -0.1) is 0 Å². The number of likely N-dealkylation sites (N-methyl/N-ethyl adjacent to an activating group) is 1. The molecule has 0 saturated heterocycles. The molecule has 0 aliphatic rings. The first kappa shape index (κ1) is 15.9. The Bertz CT molecular complexity index is 613. The zero-order valence-corrected chi connectivity index (χ0v) is 13.2. The molecular weight excluding hydrogens is 278 g/mol. The van der Waals surface area contributed by atoms with Crippen molar-refractivity contribution >= 4 is 11.6 Å². The number of carbonyl (C=O) groups excluding carboxylic acids is 1. The van der Waals surface area contributed by atoms with Crippen LogP contribution in [0.2, 0.25) is 0 Å². The first-order chi connectivity index (χ1) is 10.7. The van der Waals surface area contributed by atoms with Crippen LogP contribution in [-0.2, 0) is 4.79 Å². The molecule has 0 aliphatic heterocycles. The number of hydrogen-bond acceptors (Lipinski definition) is 3. The normalized spacial score (nSPS) is 11.6. The van der Waals surface area contributed by atoms with Crippen molar-refractivity contribution in [1.29, 1.82) is 0 Å². The van der Waals surface area contributed by atoms with E-state index in [1.165, 1.54) is 0 Å². The number of amides is 1. The van der Waals surface area contributed by atoms with Gasteiger partial charge >= 0.3 is 0 Å². The Labute approximate surface area is 131 Å². The van der Waals surface area contributed by atoms with E-state index >= 15 is 0 Å². The van der Waals surface area contributed by atoms with Gasteiger partial charge in [-0.2, -0.15) is 0 Å². The standard InChI is InChI=1S/C18H21NO3/c1-4-17(22-16-12-8-11-15(13-16)21-3)18(20)19(2)14-9-6-5-7-10-14/h5-13,17H,4H2,1-3H3/t17-/m0/s1. The first-order valence-electron chi connectivity index (χ1n) is 7.29. The fourth-order valence-corrected chi connectivity index (χ4v) is 2.14. The third-order valence-electron chi connectivity index (χ3n) is 3.44. The molecule has 0 unspecified atom stereocenters. The van der Waals surface area contributed by atoms with Crippen molar-refractivity contribution in [3.05, 3.63) is 54.6 Å². The van der Waals surface area contributed by atoms with E-state index in [0.29, 0.717) is 17.9 Å². The van der Waals surface area contributed by atoms with Crippen LogP contribution >= 0.6 is 0 Å². The summed E-state index contributed by atoms with van der Waals surface area (Å²) >= 11 is 0. The highest BCUT2D eigenvalue weighted by Crippen LogP contribution is 2.22. The van der Waals surface area contributed by atoms with Gasteiger partial charge in [0.1, 0.15) is 11.5 Å². The van der Waals surface area contributed by atoms with Gasteiger partial charge in [0.15, 0.2) is 6.10 Å². The molecule has 4 heteroatoms. The van der Waals surface area contributed by atoms with Crippen molar-refractivity contribution in [3.63, 3.8) is 0 Å². The quantitative estimate of drug-likeness (QED) is 0.819. The maximum atomic E-state index is 12.6. The second kappa shape index (κ2) is 7.50. The second-order valence-electron chi connectivity index (χ2n) is 4.93. The molecule has 0 bridgehead atoms. The Morgan fingerprint density at radius 1 is 1.09 bits per heavy atom. The van der Waals surface area contributed by atoms with Crippen molar-refractivity contribution in [1.82, 2.24) is 0 Å². The van der Waals surface area contributed by atoms with Crippen LogP contribution in [0.5, 0.6) is 11.5 Å². The lowest BCUT2D eigenvalue weighted by atomic mass is 10.2. The summed E-state index contributed by atoms with van der Waals surface area (Å²) in [4.78, 5) is 14.2. The van der Waals surface area contributed by atoms with E-state index in [0.717, 1.165) is 5.69 Å². The van der Waals surface area contributed by atoms with E-state index in [4.69, 9.17) is 9.47 Å². The molecule has 0 aliphatic carbocycles. The van der Waals surface area contributed by atoms with Crippen LogP contribution in [0, 0.1) is 0 Å². The lowest BCUT2D eigenvalue weighted by Crippen LogP contribution is -2.39. The van der Waals surface area contributed by atoms with Gasteiger partial charge < -0.3 is 14.4 Å². The van der Waals surface area contributed by atoms with Gasteiger partial charge in [-0.05, 0) is 30.7 Å². The average Bonchev–Trinajstić information content (AvgIpc) is 2.59. The molecule has 4 nitrogen and oxygen atoms in total. The predicted molar refractivity (Wildman–Crippen MR) is 87.6 cm³/mol. The van der Waals surface area contributed by atoms with Gasteiger partial charge in [0, 0.05) is 18.8 Å². The third kappa shape index (κ3) is 3.79. The number of anilines is 1. The van der Waals surface area contributed by atoms with Crippen LogP contribution < -0.4 is 14.4 Å². The first-order valence-corrected chi connectivity index (χ1v) is 7.29. The van der Waals surface area contributed by atoms with E-state index in [1.807, 2.05) is 55.5 Å². The molecule has 0 saturated carbocycles. The van der Waals surface area contributed by atoms with Crippen LogP contribution in [0.3, 0.4) is 0 Å². The van der Waals surface area contributed by atoms with Crippen LogP contribution in [0.15, 0.2) is 54.6 Å². The second-order valence-corrected chi connectivity index (χ2v) is 4.93. The topological polar surface area (TPSA) is 38.8 Å². The molecule has 22 heavy (non-hydrogen) atoms. The maximum Gasteiger partial charge on any atom is 0.267 e. The summed E-state index contributed by atoms with van der Waals surface area (Å²) in [7, 11) is 3.36. The average molecular weight is 299 g/mol. The number of hydrogen-bond donors (Lipinski definition) is 0. The maximum absolute atomic E-state index is 12.6. The monoisotopic (exact) mass is 299 g/mol. The van der Waals surface area contributed by atoms with Gasteiger partial charge in [-0.25, -0.2) is 0 Å². The number of rotatable bonds is 6. The molecule has 0 spiro atoms. The van der Waals surface area contributed by atoms with Crippen LogP contribution in [0.1, 0.15) is 13.3 Å². The van der Waals surface area contributed by atoms with E-state index in [2.05, 4.69) is 0 Å². The fraction of sp³-hybridized carbons (Fsp3) is 0.278. The Balaban J connectivity index is 2.11. The van der Waals surface area contributed by atoms with E-state index in [9.17, 15) is 4.79 Å². The van der Waals surface area contributed by atoms with Crippen molar-refractivity contribution in [2.45, 2.75) is 19.4 Å². The SMILES string of the molecule is CC[C@H](Oc1cccc(OC)c1)C(=O)N(C)c1ccccc1. The van der Waals surface area contributed by atoms with Gasteiger partial charge in [0.05, 0.1) is 7.11 Å².